The molecule has 0 radical (unpaired) electrons. The number of amides is 4. The second-order valence-electron chi connectivity index (χ2n) is 5.72. The molecule has 0 aliphatic carbocycles. The second kappa shape index (κ2) is 9.48. The maximum Gasteiger partial charge on any atom is 0.337 e. The van der Waals surface area contributed by atoms with Gasteiger partial charge in [0.1, 0.15) is 0 Å². The van der Waals surface area contributed by atoms with Gasteiger partial charge < -0.3 is 10.6 Å². The number of para-hydroxylation sites is 2. The lowest BCUT2D eigenvalue weighted by atomic mass is 10.3. The van der Waals surface area contributed by atoms with Gasteiger partial charge in [-0.05, 0) is 42.5 Å². The van der Waals surface area contributed by atoms with Gasteiger partial charge in [-0.2, -0.15) is 0 Å². The summed E-state index contributed by atoms with van der Waals surface area (Å²) in [6.07, 6.45) is 0. The average Bonchev–Trinajstić information content (AvgIpc) is 2.72. The van der Waals surface area contributed by atoms with Gasteiger partial charge in [-0.15, -0.1) is 0 Å². The van der Waals surface area contributed by atoms with Crippen molar-refractivity contribution in [1.82, 2.24) is 10.9 Å². The molecule has 8 heteroatoms. The number of hydrogen-bond acceptors (Lipinski definition) is 4. The van der Waals surface area contributed by atoms with E-state index in [0.29, 0.717) is 11.4 Å². The first-order valence-electron chi connectivity index (χ1n) is 8.55. The van der Waals surface area contributed by atoms with Crippen LogP contribution in [-0.4, -0.2) is 12.1 Å². The van der Waals surface area contributed by atoms with Crippen molar-refractivity contribution in [2.24, 2.45) is 0 Å². The monoisotopic (exact) mass is 376 g/mol. The van der Waals surface area contributed by atoms with Crippen molar-refractivity contribution < 1.29 is 9.59 Å². The molecule has 0 unspecified atom stereocenters. The number of nitrogens with one attached hydrogen (secondary N) is 6. The highest BCUT2D eigenvalue weighted by Crippen LogP contribution is 2.15. The lowest BCUT2D eigenvalue weighted by molar-refractivity contribution is 0.253. The molecule has 0 aliphatic heterocycles. The van der Waals surface area contributed by atoms with Crippen LogP contribution in [0, 0.1) is 0 Å². The molecule has 8 nitrogen and oxygen atoms in total. The number of anilines is 4. The zero-order valence-electron chi connectivity index (χ0n) is 14.9. The molecule has 0 fully saturated rings. The van der Waals surface area contributed by atoms with E-state index in [9.17, 15) is 9.59 Å². The van der Waals surface area contributed by atoms with Crippen LogP contribution in [0.3, 0.4) is 0 Å². The molecule has 0 aromatic heterocycles. The van der Waals surface area contributed by atoms with E-state index < -0.39 is 12.1 Å². The lowest BCUT2D eigenvalue weighted by Gasteiger charge is -2.12. The van der Waals surface area contributed by atoms with Crippen molar-refractivity contribution in [3.63, 3.8) is 0 Å². The van der Waals surface area contributed by atoms with E-state index >= 15 is 0 Å². The number of rotatable bonds is 6. The standard InChI is InChI=1S/C20H20N6O2/c27-19(25-23-15-8-3-1-4-9-15)21-17-12-7-13-18(14-17)22-20(28)26-24-16-10-5-2-6-11-16/h1-14,23-24H,(H2,21,25,27)(H2,22,26,28). The Bertz CT molecular complexity index is 845. The molecule has 0 saturated heterocycles. The number of hydrogen-bond donors (Lipinski definition) is 6. The fourth-order valence-electron chi connectivity index (χ4n) is 2.30. The van der Waals surface area contributed by atoms with Gasteiger partial charge in [0, 0.05) is 11.4 Å². The first kappa shape index (κ1) is 18.6. The number of benzene rings is 3. The van der Waals surface area contributed by atoms with Gasteiger partial charge in [-0.1, -0.05) is 42.5 Å². The molecule has 0 atom stereocenters. The summed E-state index contributed by atoms with van der Waals surface area (Å²) in [6.45, 7) is 0. The first-order chi connectivity index (χ1) is 13.7. The van der Waals surface area contributed by atoms with Crippen LogP contribution in [0.15, 0.2) is 84.9 Å². The van der Waals surface area contributed by atoms with E-state index in [4.69, 9.17) is 0 Å². The number of carbonyl (C=O) groups is 2. The third kappa shape index (κ3) is 5.95. The first-order valence-corrected chi connectivity index (χ1v) is 8.55. The Morgan fingerprint density at radius 1 is 0.500 bits per heavy atom. The molecule has 0 heterocycles. The van der Waals surface area contributed by atoms with Crippen molar-refractivity contribution in [2.45, 2.75) is 0 Å². The van der Waals surface area contributed by atoms with Crippen LogP contribution < -0.4 is 32.3 Å². The molecule has 0 bridgehead atoms. The Morgan fingerprint density at radius 3 is 1.32 bits per heavy atom. The zero-order valence-corrected chi connectivity index (χ0v) is 14.9. The van der Waals surface area contributed by atoms with Crippen LogP contribution in [0.5, 0.6) is 0 Å². The van der Waals surface area contributed by atoms with E-state index in [1.807, 2.05) is 60.7 Å². The molecule has 6 N–H and O–H groups in total. The normalized spacial score (nSPS) is 9.71. The fourth-order valence-corrected chi connectivity index (χ4v) is 2.30. The van der Waals surface area contributed by atoms with Crippen molar-refractivity contribution >= 4 is 34.8 Å². The fraction of sp³-hybridized carbons (Fsp3) is 0. The lowest BCUT2D eigenvalue weighted by Crippen LogP contribution is -2.34. The van der Waals surface area contributed by atoms with Crippen LogP contribution in [0.1, 0.15) is 0 Å². The molecule has 3 aromatic carbocycles. The molecule has 3 aromatic rings. The molecular formula is C20H20N6O2. The van der Waals surface area contributed by atoms with Gasteiger partial charge in [-0.25, -0.2) is 9.59 Å². The zero-order chi connectivity index (χ0) is 19.6. The average molecular weight is 376 g/mol. The second-order valence-corrected chi connectivity index (χ2v) is 5.72. The highest BCUT2D eigenvalue weighted by Gasteiger charge is 2.05. The number of hydrazine groups is 2. The molecule has 4 amide bonds. The summed E-state index contributed by atoms with van der Waals surface area (Å²) in [5.41, 5.74) is 13.2. The summed E-state index contributed by atoms with van der Waals surface area (Å²) in [5, 5.41) is 5.37. The summed E-state index contributed by atoms with van der Waals surface area (Å²) < 4.78 is 0. The van der Waals surface area contributed by atoms with Crippen molar-refractivity contribution in [1.29, 1.82) is 0 Å². The van der Waals surface area contributed by atoms with E-state index in [0.717, 1.165) is 11.4 Å². The molecule has 0 spiro atoms. The smallest absolute Gasteiger partial charge is 0.307 e. The largest absolute Gasteiger partial charge is 0.337 e. The van der Waals surface area contributed by atoms with Gasteiger partial charge in [0.05, 0.1) is 11.4 Å². The summed E-state index contributed by atoms with van der Waals surface area (Å²) in [6, 6.07) is 24.4. The van der Waals surface area contributed by atoms with Gasteiger partial charge in [0.25, 0.3) is 0 Å². The van der Waals surface area contributed by atoms with Crippen LogP contribution in [0.25, 0.3) is 0 Å². The minimum atomic E-state index is -0.434. The van der Waals surface area contributed by atoms with E-state index in [2.05, 4.69) is 32.3 Å². The SMILES string of the molecule is O=C(NNc1ccccc1)Nc1cccc(NC(=O)NNc2ccccc2)c1. The van der Waals surface area contributed by atoms with Gasteiger partial charge in [-0.3, -0.25) is 21.7 Å². The van der Waals surface area contributed by atoms with Crippen molar-refractivity contribution in [2.75, 3.05) is 21.5 Å². The Labute approximate surface area is 162 Å². The molecule has 142 valence electrons. The molecule has 3 rings (SSSR count). The molecule has 0 aliphatic rings. The highest BCUT2D eigenvalue weighted by atomic mass is 16.2. The Hall–Kier alpha value is -4.20. The number of urea groups is 2. The van der Waals surface area contributed by atoms with Crippen molar-refractivity contribution in [3.05, 3.63) is 84.9 Å². The summed E-state index contributed by atoms with van der Waals surface area (Å²) in [7, 11) is 0. The highest BCUT2D eigenvalue weighted by molar-refractivity contribution is 5.93. The van der Waals surface area contributed by atoms with Crippen LogP contribution >= 0.6 is 0 Å². The topological polar surface area (TPSA) is 106 Å². The summed E-state index contributed by atoms with van der Waals surface area (Å²) in [4.78, 5) is 24.0. The van der Waals surface area contributed by atoms with Gasteiger partial charge in [0.2, 0.25) is 0 Å². The quantitative estimate of drug-likeness (QED) is 0.366. The summed E-state index contributed by atoms with van der Waals surface area (Å²) >= 11 is 0. The predicted octanol–water partition coefficient (Wildman–Crippen LogP) is 3.98. The van der Waals surface area contributed by atoms with Crippen LogP contribution in [0.2, 0.25) is 0 Å². The van der Waals surface area contributed by atoms with E-state index in [-0.39, 0.29) is 0 Å². The maximum atomic E-state index is 12.0. The third-order valence-corrected chi connectivity index (χ3v) is 3.57. The van der Waals surface area contributed by atoms with E-state index in [1.165, 1.54) is 0 Å². The van der Waals surface area contributed by atoms with Crippen molar-refractivity contribution in [3.8, 4) is 0 Å². The Morgan fingerprint density at radius 2 is 0.893 bits per heavy atom. The Balaban J connectivity index is 1.47. The van der Waals surface area contributed by atoms with Crippen LogP contribution in [-0.2, 0) is 0 Å². The van der Waals surface area contributed by atoms with Gasteiger partial charge >= 0.3 is 12.1 Å². The number of carbonyl (C=O) groups excluding carboxylic acids is 2. The van der Waals surface area contributed by atoms with Gasteiger partial charge in [0.15, 0.2) is 0 Å². The minimum absolute atomic E-state index is 0.434. The molecule has 0 saturated carbocycles. The van der Waals surface area contributed by atoms with E-state index in [1.54, 1.807) is 24.3 Å². The third-order valence-electron chi connectivity index (χ3n) is 3.57. The molecular weight excluding hydrogens is 356 g/mol. The Kier molecular flexibility index (Phi) is 6.30. The summed E-state index contributed by atoms with van der Waals surface area (Å²) in [5.74, 6) is 0. The maximum absolute atomic E-state index is 12.0. The minimum Gasteiger partial charge on any atom is -0.307 e. The predicted molar refractivity (Wildman–Crippen MR) is 111 cm³/mol. The molecule has 28 heavy (non-hydrogen) atoms. The van der Waals surface area contributed by atoms with Crippen LogP contribution in [0.4, 0.5) is 32.3 Å².